The van der Waals surface area contributed by atoms with Crippen molar-refractivity contribution in [1.29, 1.82) is 0 Å². The second-order valence-electron chi connectivity index (χ2n) is 3.16. The molecule has 0 amide bonds. The Balaban J connectivity index is 2.47. The maximum absolute atomic E-state index is 2.41. The molecule has 0 aliphatic heterocycles. The molecular weight excluding hydrogens is 108 g/mol. The van der Waals surface area contributed by atoms with Crippen LogP contribution in [0.15, 0.2) is 22.8 Å². The molecule has 0 saturated heterocycles. The van der Waals surface area contributed by atoms with Gasteiger partial charge in [-0.3, -0.25) is 0 Å². The van der Waals surface area contributed by atoms with E-state index < -0.39 is 0 Å². The second kappa shape index (κ2) is 1.50. The highest BCUT2D eigenvalue weighted by molar-refractivity contribution is 5.46. The van der Waals surface area contributed by atoms with Crippen LogP contribution in [0.2, 0.25) is 0 Å². The summed E-state index contributed by atoms with van der Waals surface area (Å²) in [6, 6.07) is 0. The normalized spacial score (nSPS) is 31.8. The SMILES string of the molecule is CC1=CC2CCC1=C2C. The second-order valence-corrected chi connectivity index (χ2v) is 3.16. The lowest BCUT2D eigenvalue weighted by Gasteiger charge is -2.04. The molecule has 2 aliphatic carbocycles. The van der Waals surface area contributed by atoms with E-state index in [2.05, 4.69) is 19.9 Å². The van der Waals surface area contributed by atoms with E-state index in [4.69, 9.17) is 0 Å². The summed E-state index contributed by atoms with van der Waals surface area (Å²) < 4.78 is 0. The summed E-state index contributed by atoms with van der Waals surface area (Å²) in [6.07, 6.45) is 5.14. The van der Waals surface area contributed by atoms with Crippen molar-refractivity contribution in [3.63, 3.8) is 0 Å². The third kappa shape index (κ3) is 0.536. The van der Waals surface area contributed by atoms with Crippen LogP contribution in [0.3, 0.4) is 0 Å². The Hall–Kier alpha value is -0.520. The van der Waals surface area contributed by atoms with E-state index in [1.165, 1.54) is 12.8 Å². The molecule has 9 heavy (non-hydrogen) atoms. The van der Waals surface area contributed by atoms with Gasteiger partial charge in [0.2, 0.25) is 0 Å². The highest BCUT2D eigenvalue weighted by Crippen LogP contribution is 2.42. The fourth-order valence-corrected chi connectivity index (χ4v) is 2.06. The Morgan fingerprint density at radius 3 is 2.44 bits per heavy atom. The Morgan fingerprint density at radius 2 is 2.22 bits per heavy atom. The van der Waals surface area contributed by atoms with Gasteiger partial charge in [-0.05, 0) is 38.2 Å². The van der Waals surface area contributed by atoms with E-state index in [1.54, 1.807) is 16.7 Å². The first-order valence-electron chi connectivity index (χ1n) is 3.67. The van der Waals surface area contributed by atoms with Crippen molar-refractivity contribution in [3.8, 4) is 0 Å². The fourth-order valence-electron chi connectivity index (χ4n) is 2.06. The van der Waals surface area contributed by atoms with Crippen molar-refractivity contribution in [2.24, 2.45) is 5.92 Å². The van der Waals surface area contributed by atoms with Gasteiger partial charge in [-0.15, -0.1) is 0 Å². The monoisotopic (exact) mass is 120 g/mol. The summed E-state index contributed by atoms with van der Waals surface area (Å²) in [4.78, 5) is 0. The van der Waals surface area contributed by atoms with Crippen molar-refractivity contribution in [1.82, 2.24) is 0 Å². The topological polar surface area (TPSA) is 0 Å². The van der Waals surface area contributed by atoms with E-state index in [-0.39, 0.29) is 0 Å². The summed E-state index contributed by atoms with van der Waals surface area (Å²) in [5, 5.41) is 0. The molecule has 0 spiro atoms. The molecule has 0 heterocycles. The van der Waals surface area contributed by atoms with Gasteiger partial charge in [0, 0.05) is 0 Å². The summed E-state index contributed by atoms with van der Waals surface area (Å²) in [6.45, 7) is 4.51. The van der Waals surface area contributed by atoms with Crippen LogP contribution >= 0.6 is 0 Å². The smallest absolute Gasteiger partial charge is 0.00111 e. The molecule has 0 N–H and O–H groups in total. The van der Waals surface area contributed by atoms with Gasteiger partial charge in [-0.25, -0.2) is 0 Å². The lowest BCUT2D eigenvalue weighted by Crippen LogP contribution is -1.90. The van der Waals surface area contributed by atoms with Crippen LogP contribution in [0.25, 0.3) is 0 Å². The van der Waals surface area contributed by atoms with E-state index in [9.17, 15) is 0 Å². The molecule has 0 saturated carbocycles. The molecule has 1 unspecified atom stereocenters. The lowest BCUT2D eigenvalue weighted by molar-refractivity contribution is 0.722. The van der Waals surface area contributed by atoms with E-state index in [0.717, 1.165) is 5.92 Å². The number of allylic oxidation sites excluding steroid dienone is 4. The number of rotatable bonds is 0. The summed E-state index contributed by atoms with van der Waals surface area (Å²) in [5.41, 5.74) is 4.84. The molecule has 1 atom stereocenters. The van der Waals surface area contributed by atoms with Gasteiger partial charge >= 0.3 is 0 Å². The van der Waals surface area contributed by atoms with Crippen LogP contribution in [0.5, 0.6) is 0 Å². The molecule has 2 aliphatic rings. The summed E-state index contributed by atoms with van der Waals surface area (Å²) in [5.74, 6) is 0.833. The van der Waals surface area contributed by atoms with E-state index in [1.807, 2.05) is 0 Å². The van der Waals surface area contributed by atoms with E-state index >= 15 is 0 Å². The van der Waals surface area contributed by atoms with Crippen LogP contribution in [-0.4, -0.2) is 0 Å². The van der Waals surface area contributed by atoms with Gasteiger partial charge < -0.3 is 0 Å². The maximum Gasteiger partial charge on any atom is -0.00111 e. The van der Waals surface area contributed by atoms with Crippen molar-refractivity contribution < 1.29 is 0 Å². The molecule has 0 nitrogen and oxygen atoms in total. The van der Waals surface area contributed by atoms with Gasteiger partial charge in [-0.1, -0.05) is 17.2 Å². The number of fused-ring (bicyclic) bond motifs is 1. The van der Waals surface area contributed by atoms with E-state index in [0.29, 0.717) is 0 Å². The fraction of sp³-hybridized carbons (Fsp3) is 0.556. The molecule has 0 aromatic heterocycles. The van der Waals surface area contributed by atoms with Gasteiger partial charge in [0.05, 0.1) is 0 Å². The van der Waals surface area contributed by atoms with Gasteiger partial charge in [0.15, 0.2) is 0 Å². The third-order valence-corrected chi connectivity index (χ3v) is 2.66. The zero-order valence-electron chi connectivity index (χ0n) is 6.07. The zero-order chi connectivity index (χ0) is 6.43. The average Bonchev–Trinajstić information content (AvgIpc) is 2.25. The van der Waals surface area contributed by atoms with Crippen molar-refractivity contribution in [2.75, 3.05) is 0 Å². The van der Waals surface area contributed by atoms with Crippen LogP contribution in [0.1, 0.15) is 26.7 Å². The Kier molecular flexibility index (Phi) is 0.879. The first-order valence-corrected chi connectivity index (χ1v) is 3.67. The van der Waals surface area contributed by atoms with Crippen LogP contribution < -0.4 is 0 Å². The minimum Gasteiger partial charge on any atom is -0.0741 e. The first-order chi connectivity index (χ1) is 4.29. The Labute approximate surface area is 56.3 Å². The number of hydrogen-bond donors (Lipinski definition) is 0. The first kappa shape index (κ1) is 5.28. The highest BCUT2D eigenvalue weighted by atomic mass is 14.3. The van der Waals surface area contributed by atoms with Crippen LogP contribution in [0.4, 0.5) is 0 Å². The zero-order valence-corrected chi connectivity index (χ0v) is 6.07. The quantitative estimate of drug-likeness (QED) is 0.461. The van der Waals surface area contributed by atoms with Crippen LogP contribution in [-0.2, 0) is 0 Å². The maximum atomic E-state index is 2.41. The molecule has 0 heteroatoms. The molecular formula is C9H12. The minimum absolute atomic E-state index is 0.833. The largest absolute Gasteiger partial charge is 0.0741 e. The molecule has 0 aromatic rings. The highest BCUT2D eigenvalue weighted by Gasteiger charge is 2.26. The molecule has 2 bridgehead atoms. The molecule has 48 valence electrons. The predicted molar refractivity (Wildman–Crippen MR) is 39.2 cm³/mol. The molecule has 0 aromatic carbocycles. The Morgan fingerprint density at radius 1 is 1.44 bits per heavy atom. The molecule has 0 radical (unpaired) electrons. The van der Waals surface area contributed by atoms with Crippen molar-refractivity contribution >= 4 is 0 Å². The molecule has 0 fully saturated rings. The van der Waals surface area contributed by atoms with Crippen LogP contribution in [0, 0.1) is 5.92 Å². The molecule has 2 rings (SSSR count). The predicted octanol–water partition coefficient (Wildman–Crippen LogP) is 2.67. The van der Waals surface area contributed by atoms with Gasteiger partial charge in [0.1, 0.15) is 0 Å². The lowest BCUT2D eigenvalue weighted by atomic mass is 10.0. The van der Waals surface area contributed by atoms with Crippen molar-refractivity contribution in [2.45, 2.75) is 26.7 Å². The minimum atomic E-state index is 0.833. The standard InChI is InChI=1S/C9H12/c1-6-5-8-3-4-9(6)7(8)2/h5,8H,3-4H2,1-2H3. The summed E-state index contributed by atoms with van der Waals surface area (Å²) >= 11 is 0. The van der Waals surface area contributed by atoms with Gasteiger partial charge in [0.25, 0.3) is 0 Å². The van der Waals surface area contributed by atoms with Crippen molar-refractivity contribution in [3.05, 3.63) is 22.8 Å². The average molecular weight is 120 g/mol. The number of hydrogen-bond acceptors (Lipinski definition) is 0. The Bertz CT molecular complexity index is 206. The third-order valence-electron chi connectivity index (χ3n) is 2.66. The summed E-state index contributed by atoms with van der Waals surface area (Å²) in [7, 11) is 0. The van der Waals surface area contributed by atoms with Gasteiger partial charge in [-0.2, -0.15) is 0 Å².